The molecule has 1 saturated heterocycles. The molecule has 0 aromatic heterocycles. The van der Waals surface area contributed by atoms with Crippen LogP contribution in [0.4, 0.5) is 0 Å². The van der Waals surface area contributed by atoms with Gasteiger partial charge in [0, 0.05) is 6.04 Å². The maximum Gasteiger partial charge on any atom is 0.0164 e. The number of benzene rings is 1. The Morgan fingerprint density at radius 1 is 1.20 bits per heavy atom. The Morgan fingerprint density at radius 3 is 3.00 bits per heavy atom. The van der Waals surface area contributed by atoms with E-state index in [1.807, 2.05) is 0 Å². The average molecular weight is 201 g/mol. The van der Waals surface area contributed by atoms with Gasteiger partial charge in [0.25, 0.3) is 0 Å². The number of aryl methyl sites for hydroxylation is 1. The largest absolute Gasteiger partial charge is 0.303 e. The molecule has 1 nitrogen and oxygen atoms in total. The normalized spacial score (nSPS) is 30.7. The van der Waals surface area contributed by atoms with Gasteiger partial charge in [0.2, 0.25) is 0 Å². The number of fused-ring (bicyclic) bond motifs is 3. The highest BCUT2D eigenvalue weighted by molar-refractivity contribution is 5.34. The maximum atomic E-state index is 2.57. The summed E-state index contributed by atoms with van der Waals surface area (Å²) in [5, 5.41) is 0. The Labute approximate surface area is 92.1 Å². The number of likely N-dealkylation sites (N-methyl/N-ethyl adjacent to an activating group) is 1. The Balaban J connectivity index is 1.99. The third-order valence-corrected chi connectivity index (χ3v) is 4.22. The van der Waals surface area contributed by atoms with E-state index in [-0.39, 0.29) is 0 Å². The SMILES string of the molecule is CN1CCC[C@@H]2c3ccccc3CC[C@H]21. The lowest BCUT2D eigenvalue weighted by Crippen LogP contribution is -2.43. The summed E-state index contributed by atoms with van der Waals surface area (Å²) in [6.45, 7) is 1.29. The van der Waals surface area contributed by atoms with Gasteiger partial charge in [0.1, 0.15) is 0 Å². The lowest BCUT2D eigenvalue weighted by atomic mass is 9.74. The topological polar surface area (TPSA) is 3.24 Å². The molecule has 2 aliphatic rings. The fraction of sp³-hybridized carbons (Fsp3) is 0.571. The number of rotatable bonds is 0. The van der Waals surface area contributed by atoms with Crippen LogP contribution >= 0.6 is 0 Å². The monoisotopic (exact) mass is 201 g/mol. The molecule has 0 amide bonds. The minimum atomic E-state index is 0.814. The van der Waals surface area contributed by atoms with Crippen LogP contribution in [0.2, 0.25) is 0 Å². The fourth-order valence-corrected chi connectivity index (χ4v) is 3.44. The molecule has 2 atom stereocenters. The van der Waals surface area contributed by atoms with E-state index in [1.54, 1.807) is 11.1 Å². The molecule has 1 aliphatic heterocycles. The zero-order valence-corrected chi connectivity index (χ0v) is 9.45. The minimum Gasteiger partial charge on any atom is -0.303 e. The van der Waals surface area contributed by atoms with Crippen molar-refractivity contribution in [2.75, 3.05) is 13.6 Å². The molecule has 1 heteroatoms. The molecular weight excluding hydrogens is 182 g/mol. The Morgan fingerprint density at radius 2 is 2.07 bits per heavy atom. The first-order valence-electron chi connectivity index (χ1n) is 6.14. The second-order valence-corrected chi connectivity index (χ2v) is 5.03. The van der Waals surface area contributed by atoms with Crippen LogP contribution in [-0.2, 0) is 6.42 Å². The number of hydrogen-bond acceptors (Lipinski definition) is 1. The van der Waals surface area contributed by atoms with E-state index in [1.165, 1.54) is 32.2 Å². The van der Waals surface area contributed by atoms with Crippen LogP contribution in [-0.4, -0.2) is 24.5 Å². The van der Waals surface area contributed by atoms with Gasteiger partial charge in [-0.15, -0.1) is 0 Å². The second-order valence-electron chi connectivity index (χ2n) is 5.03. The van der Waals surface area contributed by atoms with Crippen molar-refractivity contribution in [1.29, 1.82) is 0 Å². The summed E-state index contributed by atoms with van der Waals surface area (Å²) in [5.74, 6) is 0.814. The Kier molecular flexibility index (Phi) is 2.28. The predicted molar refractivity (Wildman–Crippen MR) is 63.2 cm³/mol. The molecule has 0 radical (unpaired) electrons. The molecule has 0 bridgehead atoms. The summed E-state index contributed by atoms with van der Waals surface area (Å²) in [4.78, 5) is 2.57. The van der Waals surface area contributed by atoms with Crippen LogP contribution in [0, 0.1) is 0 Å². The number of piperidine rings is 1. The Bertz CT molecular complexity index is 358. The first kappa shape index (κ1) is 9.41. The zero-order chi connectivity index (χ0) is 10.3. The van der Waals surface area contributed by atoms with Gasteiger partial charge in [-0.1, -0.05) is 24.3 Å². The summed E-state index contributed by atoms with van der Waals surface area (Å²) >= 11 is 0. The quantitative estimate of drug-likeness (QED) is 0.624. The summed E-state index contributed by atoms with van der Waals surface area (Å²) in [6.07, 6.45) is 5.40. The number of nitrogens with zero attached hydrogens (tertiary/aromatic N) is 1. The highest BCUT2D eigenvalue weighted by atomic mass is 15.1. The van der Waals surface area contributed by atoms with Crippen LogP contribution in [0.1, 0.15) is 36.3 Å². The minimum absolute atomic E-state index is 0.814. The molecule has 0 unspecified atom stereocenters. The number of likely N-dealkylation sites (tertiary alicyclic amines) is 1. The summed E-state index contributed by atoms with van der Waals surface area (Å²) < 4.78 is 0. The van der Waals surface area contributed by atoms with Crippen LogP contribution < -0.4 is 0 Å². The molecule has 3 rings (SSSR count). The fourth-order valence-electron chi connectivity index (χ4n) is 3.44. The van der Waals surface area contributed by atoms with Crippen molar-refractivity contribution in [2.45, 2.75) is 37.6 Å². The molecule has 0 saturated carbocycles. The van der Waals surface area contributed by atoms with Crippen molar-refractivity contribution in [1.82, 2.24) is 4.90 Å². The van der Waals surface area contributed by atoms with Crippen molar-refractivity contribution in [3.63, 3.8) is 0 Å². The van der Waals surface area contributed by atoms with Crippen molar-refractivity contribution in [2.24, 2.45) is 0 Å². The first-order chi connectivity index (χ1) is 7.36. The molecule has 1 aromatic rings. The van der Waals surface area contributed by atoms with Crippen molar-refractivity contribution in [3.05, 3.63) is 35.4 Å². The van der Waals surface area contributed by atoms with Crippen molar-refractivity contribution in [3.8, 4) is 0 Å². The van der Waals surface area contributed by atoms with E-state index in [9.17, 15) is 0 Å². The zero-order valence-electron chi connectivity index (χ0n) is 9.45. The first-order valence-corrected chi connectivity index (χ1v) is 6.14. The smallest absolute Gasteiger partial charge is 0.0164 e. The van der Waals surface area contributed by atoms with Gasteiger partial charge in [-0.05, 0) is 56.3 Å². The van der Waals surface area contributed by atoms with E-state index < -0.39 is 0 Å². The Hall–Kier alpha value is -0.820. The molecule has 0 N–H and O–H groups in total. The van der Waals surface area contributed by atoms with Gasteiger partial charge in [-0.2, -0.15) is 0 Å². The summed E-state index contributed by atoms with van der Waals surface area (Å²) in [5.41, 5.74) is 3.24. The third-order valence-electron chi connectivity index (χ3n) is 4.22. The van der Waals surface area contributed by atoms with Crippen molar-refractivity contribution < 1.29 is 0 Å². The van der Waals surface area contributed by atoms with E-state index in [0.717, 1.165) is 12.0 Å². The highest BCUT2D eigenvalue weighted by Crippen LogP contribution is 2.39. The predicted octanol–water partition coefficient (Wildman–Crippen LogP) is 2.81. The molecule has 1 heterocycles. The van der Waals surface area contributed by atoms with E-state index in [2.05, 4.69) is 36.2 Å². The van der Waals surface area contributed by atoms with E-state index >= 15 is 0 Å². The lowest BCUT2D eigenvalue weighted by Gasteiger charge is -2.43. The summed E-state index contributed by atoms with van der Waals surface area (Å²) in [6, 6.07) is 9.88. The van der Waals surface area contributed by atoms with E-state index in [4.69, 9.17) is 0 Å². The standard InChI is InChI=1S/C14H19N/c1-15-10-4-7-13-12-6-3-2-5-11(12)8-9-14(13)15/h2-3,5-6,13-14H,4,7-10H2,1H3/t13-,14-/m1/s1. The van der Waals surface area contributed by atoms with Crippen LogP contribution in [0.3, 0.4) is 0 Å². The molecule has 15 heavy (non-hydrogen) atoms. The maximum absolute atomic E-state index is 2.57. The van der Waals surface area contributed by atoms with Gasteiger partial charge >= 0.3 is 0 Å². The van der Waals surface area contributed by atoms with Crippen LogP contribution in [0.15, 0.2) is 24.3 Å². The molecular formula is C14H19N. The van der Waals surface area contributed by atoms with Gasteiger partial charge in [-0.3, -0.25) is 0 Å². The van der Waals surface area contributed by atoms with Crippen molar-refractivity contribution >= 4 is 0 Å². The van der Waals surface area contributed by atoms with Gasteiger partial charge < -0.3 is 4.90 Å². The third kappa shape index (κ3) is 1.50. The molecule has 1 aliphatic carbocycles. The van der Waals surface area contributed by atoms with Crippen LogP contribution in [0.5, 0.6) is 0 Å². The molecule has 1 fully saturated rings. The van der Waals surface area contributed by atoms with Gasteiger partial charge in [0.15, 0.2) is 0 Å². The highest BCUT2D eigenvalue weighted by Gasteiger charge is 2.33. The molecule has 1 aromatic carbocycles. The summed E-state index contributed by atoms with van der Waals surface area (Å²) in [7, 11) is 2.30. The second kappa shape index (κ2) is 3.64. The van der Waals surface area contributed by atoms with Crippen LogP contribution in [0.25, 0.3) is 0 Å². The number of hydrogen-bond donors (Lipinski definition) is 0. The van der Waals surface area contributed by atoms with E-state index in [0.29, 0.717) is 0 Å². The molecule has 80 valence electrons. The molecule has 0 spiro atoms. The van der Waals surface area contributed by atoms with Gasteiger partial charge in [0.05, 0.1) is 0 Å². The average Bonchev–Trinajstić information content (AvgIpc) is 2.29. The lowest BCUT2D eigenvalue weighted by molar-refractivity contribution is 0.143. The van der Waals surface area contributed by atoms with Gasteiger partial charge in [-0.25, -0.2) is 0 Å².